The van der Waals surface area contributed by atoms with E-state index >= 15 is 0 Å². The first-order valence-electron chi connectivity index (χ1n) is 17.8. The van der Waals surface area contributed by atoms with E-state index in [-0.39, 0.29) is 0 Å². The first-order valence-corrected chi connectivity index (χ1v) is 17.8. The summed E-state index contributed by atoms with van der Waals surface area (Å²) >= 11 is 0. The molecule has 4 nitrogen and oxygen atoms in total. The highest BCUT2D eigenvalue weighted by atomic mass is 16.3. The van der Waals surface area contributed by atoms with Gasteiger partial charge in [-0.25, -0.2) is 0 Å². The molecule has 0 aliphatic heterocycles. The molecule has 0 saturated heterocycles. The predicted molar refractivity (Wildman–Crippen MR) is 224 cm³/mol. The van der Waals surface area contributed by atoms with E-state index in [1.54, 1.807) is 0 Å². The summed E-state index contributed by atoms with van der Waals surface area (Å²) in [5.74, 6) is 8.00. The molecule has 0 fully saturated rings. The van der Waals surface area contributed by atoms with Gasteiger partial charge in [0.2, 0.25) is 0 Å². The lowest BCUT2D eigenvalue weighted by molar-refractivity contribution is 0.603. The lowest BCUT2D eigenvalue weighted by atomic mass is 9.84. The standard InChI is InChI=1S/C36H27NO.C13H12.H4N2/c1-36(37,29-15-3-2-4-16-29)30-17-8-13-25(21-30)24-12-7-14-28(20-24)31-18-9-19-32-33-22-26-10-5-6-11-27(26)23-34(33)38-35(31)32;1-11-7-9-13(10-8-11)12-5-3-2-4-6-12;1-2/h2-23H,37H2,1H3;2-10H,1H3;1-2H2. The Hall–Kier alpha value is -6.30. The third-order valence-corrected chi connectivity index (χ3v) is 9.87. The average molecular weight is 690 g/mol. The van der Waals surface area contributed by atoms with Gasteiger partial charge in [0.1, 0.15) is 11.2 Å². The van der Waals surface area contributed by atoms with Gasteiger partial charge >= 0.3 is 0 Å². The maximum atomic E-state index is 6.85. The second-order valence-corrected chi connectivity index (χ2v) is 13.4. The van der Waals surface area contributed by atoms with Crippen LogP contribution in [0.4, 0.5) is 0 Å². The van der Waals surface area contributed by atoms with Crippen LogP contribution in [-0.4, -0.2) is 0 Å². The second kappa shape index (κ2) is 15.5. The molecule has 260 valence electrons. The van der Waals surface area contributed by atoms with E-state index in [0.29, 0.717) is 0 Å². The van der Waals surface area contributed by atoms with Crippen LogP contribution in [0.3, 0.4) is 0 Å². The van der Waals surface area contributed by atoms with Crippen molar-refractivity contribution in [1.29, 1.82) is 0 Å². The molecule has 1 unspecified atom stereocenters. The molecule has 0 aliphatic rings. The van der Waals surface area contributed by atoms with Gasteiger partial charge in [-0.3, -0.25) is 11.7 Å². The summed E-state index contributed by atoms with van der Waals surface area (Å²) in [5.41, 5.74) is 18.6. The van der Waals surface area contributed by atoms with E-state index < -0.39 is 5.54 Å². The zero-order valence-corrected chi connectivity index (χ0v) is 30.0. The van der Waals surface area contributed by atoms with Crippen molar-refractivity contribution in [3.8, 4) is 33.4 Å². The number of fused-ring (bicyclic) bond motifs is 4. The van der Waals surface area contributed by atoms with Gasteiger partial charge in [-0.05, 0) is 87.8 Å². The average Bonchev–Trinajstić information content (AvgIpc) is 3.59. The molecule has 1 heterocycles. The fraction of sp³-hybridized carbons (Fsp3) is 0.0612. The lowest BCUT2D eigenvalue weighted by Crippen LogP contribution is -2.34. The monoisotopic (exact) mass is 689 g/mol. The van der Waals surface area contributed by atoms with Gasteiger partial charge in [0.05, 0.1) is 5.54 Å². The fourth-order valence-electron chi connectivity index (χ4n) is 6.93. The van der Waals surface area contributed by atoms with Gasteiger partial charge in [0.15, 0.2) is 0 Å². The number of hydrazine groups is 1. The van der Waals surface area contributed by atoms with Crippen molar-refractivity contribution >= 4 is 32.7 Å². The van der Waals surface area contributed by atoms with Crippen molar-refractivity contribution in [2.75, 3.05) is 0 Å². The van der Waals surface area contributed by atoms with Crippen LogP contribution in [0, 0.1) is 6.92 Å². The van der Waals surface area contributed by atoms with E-state index in [9.17, 15) is 0 Å². The first-order chi connectivity index (χ1) is 25.9. The molecule has 0 saturated carbocycles. The van der Waals surface area contributed by atoms with Crippen LogP contribution in [0.2, 0.25) is 0 Å². The molecule has 4 heteroatoms. The lowest BCUT2D eigenvalue weighted by Gasteiger charge is -2.26. The number of rotatable bonds is 5. The Morgan fingerprint density at radius 1 is 0.434 bits per heavy atom. The van der Waals surface area contributed by atoms with E-state index in [1.807, 2.05) is 24.3 Å². The minimum absolute atomic E-state index is 0.585. The summed E-state index contributed by atoms with van der Waals surface area (Å²) in [4.78, 5) is 0. The summed E-state index contributed by atoms with van der Waals surface area (Å²) in [7, 11) is 0. The summed E-state index contributed by atoms with van der Waals surface area (Å²) in [6.45, 7) is 4.18. The maximum Gasteiger partial charge on any atom is 0.143 e. The van der Waals surface area contributed by atoms with E-state index in [1.165, 1.54) is 27.5 Å². The van der Waals surface area contributed by atoms with Crippen LogP contribution in [0.25, 0.3) is 66.1 Å². The zero-order chi connectivity index (χ0) is 36.8. The molecule has 0 amide bonds. The zero-order valence-electron chi connectivity index (χ0n) is 30.0. The summed E-state index contributed by atoms with van der Waals surface area (Å²) in [6.07, 6.45) is 0. The third-order valence-electron chi connectivity index (χ3n) is 9.87. The van der Waals surface area contributed by atoms with Crippen molar-refractivity contribution in [2.24, 2.45) is 17.4 Å². The van der Waals surface area contributed by atoms with Gasteiger partial charge in [-0.15, -0.1) is 0 Å². The molecule has 9 aromatic rings. The number of aryl methyl sites for hydroxylation is 1. The molecule has 0 aliphatic carbocycles. The minimum Gasteiger partial charge on any atom is -0.455 e. The van der Waals surface area contributed by atoms with Crippen LogP contribution in [0.1, 0.15) is 23.6 Å². The highest BCUT2D eigenvalue weighted by molar-refractivity contribution is 6.13. The Morgan fingerprint density at radius 2 is 0.962 bits per heavy atom. The largest absolute Gasteiger partial charge is 0.455 e. The molecule has 1 atom stereocenters. The quantitative estimate of drug-likeness (QED) is 0.124. The minimum atomic E-state index is -0.585. The van der Waals surface area contributed by atoms with Gasteiger partial charge < -0.3 is 10.2 Å². The van der Waals surface area contributed by atoms with Crippen molar-refractivity contribution in [3.05, 3.63) is 205 Å². The van der Waals surface area contributed by atoms with Crippen molar-refractivity contribution in [2.45, 2.75) is 19.4 Å². The number of hydrogen-bond donors (Lipinski definition) is 3. The van der Waals surface area contributed by atoms with Crippen LogP contribution < -0.4 is 17.4 Å². The molecule has 0 bridgehead atoms. The summed E-state index contributed by atoms with van der Waals surface area (Å²) < 4.78 is 6.49. The number of furan rings is 1. The normalized spacial score (nSPS) is 12.0. The number of benzene rings is 8. The van der Waals surface area contributed by atoms with Crippen LogP contribution in [-0.2, 0) is 5.54 Å². The smallest absolute Gasteiger partial charge is 0.143 e. The molecule has 0 radical (unpaired) electrons. The van der Waals surface area contributed by atoms with Crippen LogP contribution >= 0.6 is 0 Å². The van der Waals surface area contributed by atoms with Gasteiger partial charge in [-0.1, -0.05) is 169 Å². The van der Waals surface area contributed by atoms with Crippen molar-refractivity contribution in [1.82, 2.24) is 0 Å². The second-order valence-electron chi connectivity index (χ2n) is 13.4. The number of nitrogens with two attached hydrogens (primary N) is 3. The Bertz CT molecular complexity index is 2610. The van der Waals surface area contributed by atoms with Gasteiger partial charge in [0.25, 0.3) is 0 Å². The molecular weight excluding hydrogens is 647 g/mol. The molecule has 6 N–H and O–H groups in total. The fourth-order valence-corrected chi connectivity index (χ4v) is 6.93. The Labute approximate surface area is 311 Å². The van der Waals surface area contributed by atoms with E-state index in [4.69, 9.17) is 10.2 Å². The van der Waals surface area contributed by atoms with E-state index in [0.717, 1.165) is 55.3 Å². The van der Waals surface area contributed by atoms with Gasteiger partial charge in [0, 0.05) is 16.3 Å². The number of hydrogen-bond acceptors (Lipinski definition) is 4. The Kier molecular flexibility index (Phi) is 10.3. The SMILES string of the molecule is CC(N)(c1ccccc1)c1cccc(-c2cccc(-c3cccc4c3oc3cc5ccccc5cc34)c2)c1.Cc1ccc(-c2ccccc2)cc1.NN. The molecular formula is C49H43N3O. The summed E-state index contributed by atoms with van der Waals surface area (Å²) in [6, 6.07) is 65.8. The van der Waals surface area contributed by atoms with E-state index in [2.05, 4.69) is 189 Å². The third kappa shape index (κ3) is 7.39. The molecule has 9 rings (SSSR count). The van der Waals surface area contributed by atoms with Crippen LogP contribution in [0.15, 0.2) is 192 Å². The molecule has 1 aromatic heterocycles. The first kappa shape index (κ1) is 35.1. The molecule has 0 spiro atoms. The Balaban J connectivity index is 0.000000244. The highest BCUT2D eigenvalue weighted by Gasteiger charge is 2.24. The Morgan fingerprint density at radius 3 is 1.68 bits per heavy atom. The molecule has 53 heavy (non-hydrogen) atoms. The maximum absolute atomic E-state index is 6.85. The van der Waals surface area contributed by atoms with Gasteiger partial charge in [-0.2, -0.15) is 0 Å². The van der Waals surface area contributed by atoms with Crippen molar-refractivity contribution < 1.29 is 4.42 Å². The topological polar surface area (TPSA) is 91.2 Å². The highest BCUT2D eigenvalue weighted by Crippen LogP contribution is 2.39. The predicted octanol–water partition coefficient (Wildman–Crippen LogP) is 11.8. The van der Waals surface area contributed by atoms with Crippen LogP contribution in [0.5, 0.6) is 0 Å². The summed E-state index contributed by atoms with van der Waals surface area (Å²) in [5, 5.41) is 4.69. The number of para-hydroxylation sites is 1. The molecule has 8 aromatic carbocycles. The van der Waals surface area contributed by atoms with Crippen molar-refractivity contribution in [3.63, 3.8) is 0 Å².